The van der Waals surface area contributed by atoms with E-state index >= 15 is 0 Å². The standard InChI is InChI=1S/C12H18N4O9/c13-11(24)14-5(1-3-7(17)18)9(21)16-12(25)15-6(10(22)23)2-4-8(19)20/h5-6H,1-4H2,(H,17,18)(H,19,20)(H,22,23)(H3,13,14,24)(H2,15,16,21,25)/t5-,6-/m0/s1. The van der Waals surface area contributed by atoms with Gasteiger partial charge in [0, 0.05) is 12.8 Å². The van der Waals surface area contributed by atoms with Gasteiger partial charge in [0.15, 0.2) is 0 Å². The van der Waals surface area contributed by atoms with Crippen LogP contribution in [0.25, 0.3) is 0 Å². The predicted octanol–water partition coefficient (Wildman–Crippen LogP) is -1.97. The topological polar surface area (TPSA) is 225 Å². The molecule has 0 fully saturated rings. The first-order chi connectivity index (χ1) is 11.5. The van der Waals surface area contributed by atoms with Gasteiger partial charge in [-0.3, -0.25) is 19.7 Å². The van der Waals surface area contributed by atoms with Gasteiger partial charge in [-0.1, -0.05) is 0 Å². The third-order valence-electron chi connectivity index (χ3n) is 2.77. The molecule has 0 aliphatic carbocycles. The Morgan fingerprint density at radius 3 is 1.68 bits per heavy atom. The summed E-state index contributed by atoms with van der Waals surface area (Å²) in [6.45, 7) is 0. The number of carbonyl (C=O) groups excluding carboxylic acids is 3. The van der Waals surface area contributed by atoms with Crippen molar-refractivity contribution in [2.45, 2.75) is 37.8 Å². The smallest absolute Gasteiger partial charge is 0.326 e. The number of carboxylic acid groups (broad SMARTS) is 3. The molecule has 0 radical (unpaired) electrons. The number of rotatable bonds is 10. The first-order valence-electron chi connectivity index (χ1n) is 6.86. The maximum atomic E-state index is 11.8. The summed E-state index contributed by atoms with van der Waals surface area (Å²) in [6, 6.07) is -5.38. The number of carboxylic acids is 3. The second-order valence-corrected chi connectivity index (χ2v) is 4.78. The highest BCUT2D eigenvalue weighted by Gasteiger charge is 2.25. The molecule has 0 bridgehead atoms. The van der Waals surface area contributed by atoms with E-state index in [9.17, 15) is 28.8 Å². The van der Waals surface area contributed by atoms with Crippen molar-refractivity contribution in [1.29, 1.82) is 0 Å². The molecular weight excluding hydrogens is 344 g/mol. The zero-order valence-electron chi connectivity index (χ0n) is 12.9. The Kier molecular flexibility index (Phi) is 9.00. The van der Waals surface area contributed by atoms with Crippen molar-refractivity contribution in [3.63, 3.8) is 0 Å². The molecule has 0 unspecified atom stereocenters. The highest BCUT2D eigenvalue weighted by atomic mass is 16.4. The van der Waals surface area contributed by atoms with Crippen molar-refractivity contribution in [1.82, 2.24) is 16.0 Å². The van der Waals surface area contributed by atoms with Crippen LogP contribution in [0.1, 0.15) is 25.7 Å². The van der Waals surface area contributed by atoms with Crippen molar-refractivity contribution in [2.75, 3.05) is 0 Å². The molecule has 0 spiro atoms. The van der Waals surface area contributed by atoms with E-state index < -0.39 is 67.2 Å². The van der Waals surface area contributed by atoms with Gasteiger partial charge in [-0.2, -0.15) is 0 Å². The molecule has 25 heavy (non-hydrogen) atoms. The summed E-state index contributed by atoms with van der Waals surface area (Å²) in [5.41, 5.74) is 4.85. The first-order valence-corrected chi connectivity index (χ1v) is 6.86. The number of imide groups is 1. The van der Waals surface area contributed by atoms with Crippen LogP contribution in [-0.2, 0) is 19.2 Å². The molecule has 13 heteroatoms. The highest BCUT2D eigenvalue weighted by Crippen LogP contribution is 2.00. The lowest BCUT2D eigenvalue weighted by atomic mass is 10.1. The molecule has 0 aromatic carbocycles. The largest absolute Gasteiger partial charge is 0.481 e. The van der Waals surface area contributed by atoms with Crippen molar-refractivity contribution >= 4 is 35.9 Å². The SMILES string of the molecule is NC(=O)N[C@@H](CCC(=O)O)C(=O)NC(=O)N[C@@H](CCC(=O)O)C(=O)O. The molecule has 0 aliphatic rings. The lowest BCUT2D eigenvalue weighted by Gasteiger charge is -2.18. The third kappa shape index (κ3) is 10.1. The zero-order chi connectivity index (χ0) is 19.6. The summed E-state index contributed by atoms with van der Waals surface area (Å²) in [4.78, 5) is 66.2. The average molecular weight is 362 g/mol. The third-order valence-corrected chi connectivity index (χ3v) is 2.77. The van der Waals surface area contributed by atoms with E-state index in [1.807, 2.05) is 10.6 Å². The molecule has 0 aliphatic heterocycles. The second-order valence-electron chi connectivity index (χ2n) is 4.78. The lowest BCUT2D eigenvalue weighted by Crippen LogP contribution is -2.54. The second kappa shape index (κ2) is 10.4. The van der Waals surface area contributed by atoms with Crippen LogP contribution in [0.5, 0.6) is 0 Å². The van der Waals surface area contributed by atoms with Gasteiger partial charge in [0.1, 0.15) is 12.1 Å². The maximum absolute atomic E-state index is 11.8. The zero-order valence-corrected chi connectivity index (χ0v) is 12.9. The summed E-state index contributed by atoms with van der Waals surface area (Å²) in [5.74, 6) is -5.15. The van der Waals surface area contributed by atoms with E-state index in [1.165, 1.54) is 0 Å². The molecule has 2 atom stereocenters. The van der Waals surface area contributed by atoms with E-state index in [1.54, 1.807) is 5.32 Å². The van der Waals surface area contributed by atoms with Crippen LogP contribution in [0.15, 0.2) is 0 Å². The molecule has 0 rings (SSSR count). The fourth-order valence-electron chi connectivity index (χ4n) is 1.63. The number of aliphatic carboxylic acids is 3. The summed E-state index contributed by atoms with van der Waals surface area (Å²) >= 11 is 0. The summed E-state index contributed by atoms with van der Waals surface area (Å²) < 4.78 is 0. The van der Waals surface area contributed by atoms with Crippen LogP contribution >= 0.6 is 0 Å². The highest BCUT2D eigenvalue weighted by molar-refractivity contribution is 5.99. The number of hydrogen-bond donors (Lipinski definition) is 7. The van der Waals surface area contributed by atoms with Gasteiger partial charge >= 0.3 is 30.0 Å². The van der Waals surface area contributed by atoms with Gasteiger partial charge in [0.05, 0.1) is 0 Å². The molecule has 0 heterocycles. The van der Waals surface area contributed by atoms with Crippen LogP contribution in [0, 0.1) is 0 Å². The maximum Gasteiger partial charge on any atom is 0.326 e. The van der Waals surface area contributed by atoms with E-state index in [-0.39, 0.29) is 6.42 Å². The van der Waals surface area contributed by atoms with Crippen LogP contribution in [0.4, 0.5) is 9.59 Å². The average Bonchev–Trinajstić information content (AvgIpc) is 2.46. The van der Waals surface area contributed by atoms with Gasteiger partial charge in [-0.05, 0) is 12.8 Å². The quantitative estimate of drug-likeness (QED) is 0.228. The van der Waals surface area contributed by atoms with Crippen LogP contribution < -0.4 is 21.7 Å². The Labute approximate surface area is 140 Å². The van der Waals surface area contributed by atoms with E-state index in [2.05, 4.69) is 0 Å². The van der Waals surface area contributed by atoms with Gasteiger partial charge in [0.25, 0.3) is 5.91 Å². The number of nitrogens with two attached hydrogens (primary N) is 1. The number of primary amides is 1. The van der Waals surface area contributed by atoms with Crippen LogP contribution in [-0.4, -0.2) is 63.3 Å². The van der Waals surface area contributed by atoms with Crippen LogP contribution in [0.3, 0.4) is 0 Å². The number of carbonyl (C=O) groups is 6. The molecule has 0 aromatic heterocycles. The normalized spacial score (nSPS) is 12.3. The van der Waals surface area contributed by atoms with Gasteiger partial charge in [-0.15, -0.1) is 0 Å². The first kappa shape index (κ1) is 21.6. The van der Waals surface area contributed by atoms with Crippen molar-refractivity contribution < 1.29 is 44.1 Å². The van der Waals surface area contributed by atoms with Gasteiger partial charge in [-0.25, -0.2) is 14.4 Å². The number of urea groups is 2. The molecule has 13 nitrogen and oxygen atoms in total. The minimum atomic E-state index is -1.56. The van der Waals surface area contributed by atoms with E-state index in [0.717, 1.165) is 0 Å². The van der Waals surface area contributed by atoms with Crippen molar-refractivity contribution in [3.8, 4) is 0 Å². The minimum absolute atomic E-state index is 0.362. The number of nitrogens with one attached hydrogen (secondary N) is 3. The molecule has 0 aromatic rings. The number of amides is 5. The molecule has 140 valence electrons. The fourth-order valence-corrected chi connectivity index (χ4v) is 1.63. The Balaban J connectivity index is 4.75. The molecule has 5 amide bonds. The lowest BCUT2D eigenvalue weighted by molar-refractivity contribution is -0.141. The summed E-state index contributed by atoms with van der Waals surface area (Å²) in [6.07, 6.45) is -1.82. The van der Waals surface area contributed by atoms with Crippen molar-refractivity contribution in [2.24, 2.45) is 5.73 Å². The molecule has 0 saturated carbocycles. The van der Waals surface area contributed by atoms with Gasteiger partial charge in [0.2, 0.25) is 0 Å². The molecular formula is C12H18N4O9. The Bertz CT molecular complexity index is 563. The summed E-state index contributed by atoms with van der Waals surface area (Å²) in [7, 11) is 0. The monoisotopic (exact) mass is 362 g/mol. The molecule has 8 N–H and O–H groups in total. The Morgan fingerprint density at radius 2 is 1.28 bits per heavy atom. The molecule has 0 saturated heterocycles. The summed E-state index contributed by atoms with van der Waals surface area (Å²) in [5, 5.41) is 31.5. The number of hydrogen-bond acceptors (Lipinski definition) is 6. The fraction of sp³-hybridized carbons (Fsp3) is 0.500. The van der Waals surface area contributed by atoms with E-state index in [4.69, 9.17) is 21.1 Å². The van der Waals surface area contributed by atoms with Crippen molar-refractivity contribution in [3.05, 3.63) is 0 Å². The minimum Gasteiger partial charge on any atom is -0.481 e. The van der Waals surface area contributed by atoms with Crippen LogP contribution in [0.2, 0.25) is 0 Å². The Morgan fingerprint density at radius 1 is 0.800 bits per heavy atom. The Hall–Kier alpha value is -3.38. The predicted molar refractivity (Wildman–Crippen MR) is 78.3 cm³/mol. The van der Waals surface area contributed by atoms with Gasteiger partial charge < -0.3 is 31.7 Å². The van der Waals surface area contributed by atoms with E-state index in [0.29, 0.717) is 0 Å².